The van der Waals surface area contributed by atoms with Crippen LogP contribution in [0.4, 0.5) is 11.4 Å². The third-order valence-electron chi connectivity index (χ3n) is 5.57. The summed E-state index contributed by atoms with van der Waals surface area (Å²) in [4.78, 5) is 0. The number of para-hydroxylation sites is 2. The molecule has 2 atom stereocenters. The molecule has 2 N–H and O–H groups in total. The van der Waals surface area contributed by atoms with Crippen LogP contribution in [-0.4, -0.2) is 28.8 Å². The maximum Gasteiger partial charge on any atom is 3.00 e. The van der Waals surface area contributed by atoms with Crippen LogP contribution in [0, 0.1) is 0 Å². The standard InChI is InChI=1S/2C10H10NO.C10H8O.Al/c2*1-10(12)7-6-8-4-2-3-5-9(8)11-10;11-10-6-5-8-3-1-2-4-9(8)7-10;/h2*2-7,11H,1H3;1-7,11H;/q2*-1;;+3/p-1. The van der Waals surface area contributed by atoms with Crippen molar-refractivity contribution >= 4 is 51.7 Å². The van der Waals surface area contributed by atoms with Crippen molar-refractivity contribution in [2.75, 3.05) is 10.6 Å². The number of nitrogens with one attached hydrogen (secondary N) is 2. The monoisotopic (exact) mass is 490 g/mol. The van der Waals surface area contributed by atoms with Crippen LogP contribution in [0.2, 0.25) is 0 Å². The summed E-state index contributed by atoms with van der Waals surface area (Å²) < 4.78 is 0. The van der Waals surface area contributed by atoms with Crippen LogP contribution in [0.25, 0.3) is 22.9 Å². The Morgan fingerprint density at radius 1 is 0.583 bits per heavy atom. The Hall–Kier alpha value is -3.53. The molecule has 36 heavy (non-hydrogen) atoms. The van der Waals surface area contributed by atoms with E-state index >= 15 is 0 Å². The second-order valence-electron chi connectivity index (χ2n) is 8.81. The number of benzene rings is 4. The van der Waals surface area contributed by atoms with Gasteiger partial charge >= 0.3 is 17.4 Å². The molecule has 6 heteroatoms. The van der Waals surface area contributed by atoms with E-state index in [2.05, 4.69) is 10.6 Å². The molecule has 178 valence electrons. The summed E-state index contributed by atoms with van der Waals surface area (Å²) in [6.45, 7) is 3.22. The Balaban J connectivity index is 0.000000149. The molecule has 4 aromatic rings. The minimum atomic E-state index is -1.16. The largest absolute Gasteiger partial charge is 3.00 e. The molecule has 4 aromatic carbocycles. The third kappa shape index (κ3) is 7.24. The molecular weight excluding hydrogens is 463 g/mol. The van der Waals surface area contributed by atoms with E-state index in [-0.39, 0.29) is 23.1 Å². The average molecular weight is 491 g/mol. The first-order valence-electron chi connectivity index (χ1n) is 11.4. The van der Waals surface area contributed by atoms with E-state index in [1.54, 1.807) is 38.1 Å². The Bertz CT molecular complexity index is 1310. The van der Waals surface area contributed by atoms with Crippen LogP contribution in [0.15, 0.2) is 103 Å². The van der Waals surface area contributed by atoms with Crippen molar-refractivity contribution in [3.8, 4) is 5.75 Å². The summed E-state index contributed by atoms with van der Waals surface area (Å²) >= 11 is 0. The zero-order chi connectivity index (χ0) is 24.9. The maximum atomic E-state index is 11.5. The molecule has 0 bridgehead atoms. The maximum absolute atomic E-state index is 11.5. The topological polar surface area (TPSA) is 93.2 Å². The quantitative estimate of drug-likeness (QED) is 0.364. The van der Waals surface area contributed by atoms with Crippen LogP contribution in [0.1, 0.15) is 25.0 Å². The van der Waals surface area contributed by atoms with Gasteiger partial charge in [-0.25, -0.2) is 0 Å². The van der Waals surface area contributed by atoms with E-state index in [4.69, 9.17) is 0 Å². The van der Waals surface area contributed by atoms with Crippen molar-refractivity contribution in [1.82, 2.24) is 0 Å². The van der Waals surface area contributed by atoms with Crippen LogP contribution >= 0.6 is 0 Å². The molecule has 0 radical (unpaired) electrons. The Labute approximate surface area is 222 Å². The third-order valence-corrected chi connectivity index (χ3v) is 5.57. The van der Waals surface area contributed by atoms with Gasteiger partial charge in [0.1, 0.15) is 0 Å². The van der Waals surface area contributed by atoms with Crippen molar-refractivity contribution in [2.45, 2.75) is 25.3 Å². The number of fused-ring (bicyclic) bond motifs is 3. The minimum Gasteiger partial charge on any atom is -0.872 e. The molecule has 2 heterocycles. The molecule has 0 saturated carbocycles. The summed E-state index contributed by atoms with van der Waals surface area (Å²) in [5.41, 5.74) is 1.66. The fourth-order valence-corrected chi connectivity index (χ4v) is 3.80. The van der Waals surface area contributed by atoms with E-state index in [1.807, 2.05) is 91.0 Å². The van der Waals surface area contributed by atoms with Gasteiger partial charge in [0.15, 0.2) is 0 Å². The van der Waals surface area contributed by atoms with E-state index in [1.165, 1.54) is 0 Å². The van der Waals surface area contributed by atoms with Crippen LogP contribution in [0.5, 0.6) is 5.75 Å². The van der Waals surface area contributed by atoms with Crippen molar-refractivity contribution in [3.05, 3.63) is 114 Å². The summed E-state index contributed by atoms with van der Waals surface area (Å²) in [7, 11) is 0. The summed E-state index contributed by atoms with van der Waals surface area (Å²) in [6.07, 6.45) is 6.99. The van der Waals surface area contributed by atoms with Gasteiger partial charge in [-0.1, -0.05) is 117 Å². The molecular formula is C30H27AlN2O3. The Morgan fingerprint density at radius 3 is 1.56 bits per heavy atom. The van der Waals surface area contributed by atoms with Gasteiger partial charge < -0.3 is 26.0 Å². The first-order valence-corrected chi connectivity index (χ1v) is 11.4. The van der Waals surface area contributed by atoms with E-state index in [0.29, 0.717) is 0 Å². The first kappa shape index (κ1) is 27.1. The number of rotatable bonds is 0. The predicted molar refractivity (Wildman–Crippen MR) is 144 cm³/mol. The van der Waals surface area contributed by atoms with Crippen molar-refractivity contribution < 1.29 is 15.3 Å². The van der Waals surface area contributed by atoms with Gasteiger partial charge in [-0.2, -0.15) is 0 Å². The summed E-state index contributed by atoms with van der Waals surface area (Å²) in [5.74, 6) is 0.0729. The second kappa shape index (κ2) is 11.5. The SMILES string of the molecule is CC1([O-])C=Cc2ccccc2N1.CC1([O-])C=Cc2ccccc2N1.[Al+3].[O-]c1ccc2ccccc2c1. The molecule has 5 nitrogen and oxygen atoms in total. The van der Waals surface area contributed by atoms with E-state index in [9.17, 15) is 15.3 Å². The predicted octanol–water partition coefficient (Wildman–Crippen LogP) is 3.94. The second-order valence-corrected chi connectivity index (χ2v) is 8.81. The fourth-order valence-electron chi connectivity index (χ4n) is 3.80. The van der Waals surface area contributed by atoms with Crippen LogP contribution < -0.4 is 26.0 Å². The Kier molecular flexibility index (Phi) is 8.63. The molecule has 2 aliphatic heterocycles. The van der Waals surface area contributed by atoms with Gasteiger partial charge in [0, 0.05) is 11.4 Å². The number of hydrogen-bond acceptors (Lipinski definition) is 5. The molecule has 0 amide bonds. The molecule has 0 aromatic heterocycles. The molecule has 2 unspecified atom stereocenters. The normalized spacial score (nSPS) is 20.6. The van der Waals surface area contributed by atoms with E-state index in [0.717, 1.165) is 33.3 Å². The van der Waals surface area contributed by atoms with Gasteiger partial charge in [0.25, 0.3) is 0 Å². The van der Waals surface area contributed by atoms with E-state index < -0.39 is 11.4 Å². The molecule has 2 aliphatic rings. The Morgan fingerprint density at radius 2 is 1.03 bits per heavy atom. The zero-order valence-electron chi connectivity index (χ0n) is 20.3. The summed E-state index contributed by atoms with van der Waals surface area (Å²) in [6, 6.07) is 28.4. The fraction of sp³-hybridized carbons (Fsp3) is 0.133. The van der Waals surface area contributed by atoms with Crippen LogP contribution in [-0.2, 0) is 0 Å². The molecule has 6 rings (SSSR count). The zero-order valence-corrected chi connectivity index (χ0v) is 21.4. The smallest absolute Gasteiger partial charge is 0.872 e. The molecule has 0 aliphatic carbocycles. The summed E-state index contributed by atoms with van der Waals surface area (Å²) in [5, 5.41) is 41.8. The molecule has 0 saturated heterocycles. The van der Waals surface area contributed by atoms with Gasteiger partial charge in [-0.05, 0) is 45.5 Å². The first-order chi connectivity index (χ1) is 16.7. The van der Waals surface area contributed by atoms with Crippen LogP contribution in [0.3, 0.4) is 0 Å². The average Bonchev–Trinajstić information content (AvgIpc) is 2.83. The molecule has 0 spiro atoms. The molecule has 0 fully saturated rings. The number of hydrogen-bond donors (Lipinski definition) is 2. The van der Waals surface area contributed by atoms with Gasteiger partial charge in [0.2, 0.25) is 0 Å². The van der Waals surface area contributed by atoms with Crippen molar-refractivity contribution in [1.29, 1.82) is 0 Å². The number of anilines is 2. The van der Waals surface area contributed by atoms with Gasteiger partial charge in [-0.15, -0.1) is 5.75 Å². The van der Waals surface area contributed by atoms with Crippen molar-refractivity contribution in [2.24, 2.45) is 0 Å². The van der Waals surface area contributed by atoms with Gasteiger partial charge in [0.05, 0.1) is 0 Å². The van der Waals surface area contributed by atoms with Gasteiger partial charge in [-0.3, -0.25) is 0 Å². The minimum absolute atomic E-state index is 0. The van der Waals surface area contributed by atoms with Crippen molar-refractivity contribution in [3.63, 3.8) is 0 Å².